The minimum atomic E-state index is -0.634. The number of nitrogens with zero attached hydrogens (tertiary/aromatic N) is 3. The molecule has 1 aromatic carbocycles. The van der Waals surface area contributed by atoms with Crippen LogP contribution in [0.15, 0.2) is 18.2 Å². The summed E-state index contributed by atoms with van der Waals surface area (Å²) in [5.41, 5.74) is -0.301. The highest BCUT2D eigenvalue weighted by atomic mass is 35.5. The second kappa shape index (κ2) is 7.31. The molecule has 1 rings (SSSR count). The number of amides is 1. The van der Waals surface area contributed by atoms with E-state index in [0.29, 0.717) is 0 Å². The van der Waals surface area contributed by atoms with Crippen molar-refractivity contribution in [1.82, 2.24) is 4.90 Å². The molecule has 1 aromatic rings. The predicted octanol–water partition coefficient (Wildman–Crippen LogP) is 2.00. The first-order chi connectivity index (χ1) is 9.47. The van der Waals surface area contributed by atoms with E-state index in [2.05, 4.69) is 0 Å². The minimum absolute atomic E-state index is 0.0617. The number of hydrogen-bond acceptors (Lipinski definition) is 5. The molecule has 0 aliphatic carbocycles. The van der Waals surface area contributed by atoms with E-state index in [-0.39, 0.29) is 36.0 Å². The summed E-state index contributed by atoms with van der Waals surface area (Å²) in [6, 6.07) is 6.02. The Labute approximate surface area is 120 Å². The van der Waals surface area contributed by atoms with Crippen LogP contribution >= 0.6 is 11.6 Å². The highest BCUT2D eigenvalue weighted by molar-refractivity contribution is 6.32. The first-order valence-electron chi connectivity index (χ1n) is 5.64. The van der Waals surface area contributed by atoms with E-state index in [1.54, 1.807) is 0 Å². The molecule has 0 unspecified atom stereocenters. The van der Waals surface area contributed by atoms with Gasteiger partial charge in [-0.2, -0.15) is 5.26 Å². The average molecular weight is 298 g/mol. The summed E-state index contributed by atoms with van der Waals surface area (Å²) in [4.78, 5) is 23.2. The van der Waals surface area contributed by atoms with Crippen LogP contribution in [0.2, 0.25) is 5.02 Å². The number of nitro groups is 1. The second-order valence-electron chi connectivity index (χ2n) is 3.86. The Kier molecular flexibility index (Phi) is 5.74. The summed E-state index contributed by atoms with van der Waals surface area (Å²) in [5, 5.41) is 19.3. The lowest BCUT2D eigenvalue weighted by atomic mass is 10.3. The van der Waals surface area contributed by atoms with Gasteiger partial charge in [-0.3, -0.25) is 14.9 Å². The molecule has 0 saturated carbocycles. The number of nitro benzene ring substituents is 1. The topological polar surface area (TPSA) is 96.5 Å². The number of rotatable bonds is 6. The first-order valence-corrected chi connectivity index (χ1v) is 6.01. The molecule has 0 heterocycles. The van der Waals surface area contributed by atoms with Crippen molar-refractivity contribution in [3.05, 3.63) is 33.3 Å². The molecule has 20 heavy (non-hydrogen) atoms. The van der Waals surface area contributed by atoms with Gasteiger partial charge in [-0.05, 0) is 6.07 Å². The number of nitriles is 1. The van der Waals surface area contributed by atoms with Gasteiger partial charge in [-0.25, -0.2) is 0 Å². The molecule has 106 valence electrons. The molecule has 0 bridgehead atoms. The predicted molar refractivity (Wildman–Crippen MR) is 71.5 cm³/mol. The molecule has 0 N–H and O–H groups in total. The average Bonchev–Trinajstić information content (AvgIpc) is 2.42. The van der Waals surface area contributed by atoms with E-state index < -0.39 is 10.8 Å². The normalized spacial score (nSPS) is 9.65. The van der Waals surface area contributed by atoms with Crippen molar-refractivity contribution in [3.8, 4) is 11.8 Å². The minimum Gasteiger partial charge on any atom is -0.476 e. The highest BCUT2D eigenvalue weighted by Crippen LogP contribution is 2.34. The molecule has 0 aliphatic rings. The Balaban J connectivity index is 2.73. The van der Waals surface area contributed by atoms with Crippen LogP contribution < -0.4 is 4.74 Å². The number of likely N-dealkylation sites (N-methyl/N-ethyl adjacent to an activating group) is 1. The zero-order valence-electron chi connectivity index (χ0n) is 10.7. The number of hydrogen-bond donors (Lipinski definition) is 0. The van der Waals surface area contributed by atoms with Gasteiger partial charge in [0.25, 0.3) is 5.91 Å². The third-order valence-electron chi connectivity index (χ3n) is 2.47. The fraction of sp³-hybridized carbons (Fsp3) is 0.333. The van der Waals surface area contributed by atoms with E-state index >= 15 is 0 Å². The largest absolute Gasteiger partial charge is 0.476 e. The Hall–Kier alpha value is -2.33. The lowest BCUT2D eigenvalue weighted by molar-refractivity contribution is -0.385. The summed E-state index contributed by atoms with van der Waals surface area (Å²) in [5.74, 6) is -0.532. The van der Waals surface area contributed by atoms with Gasteiger partial charge in [-0.1, -0.05) is 17.7 Å². The summed E-state index contributed by atoms with van der Waals surface area (Å²) in [7, 11) is 1.52. The Morgan fingerprint density at radius 1 is 1.60 bits per heavy atom. The zero-order chi connectivity index (χ0) is 15.1. The third-order valence-corrected chi connectivity index (χ3v) is 2.77. The van der Waals surface area contributed by atoms with Crippen molar-refractivity contribution in [2.24, 2.45) is 0 Å². The van der Waals surface area contributed by atoms with Gasteiger partial charge < -0.3 is 9.64 Å². The highest BCUT2D eigenvalue weighted by Gasteiger charge is 2.20. The molecule has 0 saturated heterocycles. The molecule has 7 nitrogen and oxygen atoms in total. The maximum Gasteiger partial charge on any atom is 0.312 e. The van der Waals surface area contributed by atoms with Crippen LogP contribution in [0.4, 0.5) is 5.69 Å². The SMILES string of the molecule is CN(CCC#N)C(=O)COc1c(Cl)cccc1[N+](=O)[O-]. The van der Waals surface area contributed by atoms with Gasteiger partial charge in [-0.15, -0.1) is 0 Å². The molecule has 1 amide bonds. The van der Waals surface area contributed by atoms with Crippen molar-refractivity contribution in [1.29, 1.82) is 5.26 Å². The van der Waals surface area contributed by atoms with Crippen LogP contribution in [0, 0.1) is 21.4 Å². The molecule has 0 aliphatic heterocycles. The summed E-state index contributed by atoms with van der Waals surface area (Å²) in [6.45, 7) is -0.115. The monoisotopic (exact) mass is 297 g/mol. The fourth-order valence-corrected chi connectivity index (χ4v) is 1.59. The number of ether oxygens (including phenoxy) is 1. The van der Waals surface area contributed by atoms with E-state index in [1.165, 1.54) is 30.1 Å². The van der Waals surface area contributed by atoms with Crippen LogP contribution in [-0.4, -0.2) is 35.9 Å². The van der Waals surface area contributed by atoms with Crippen LogP contribution in [0.1, 0.15) is 6.42 Å². The smallest absolute Gasteiger partial charge is 0.312 e. The number of carbonyl (C=O) groups excluding carboxylic acids is 1. The van der Waals surface area contributed by atoms with Crippen molar-refractivity contribution in [2.75, 3.05) is 20.2 Å². The molecule has 0 fully saturated rings. The lowest BCUT2D eigenvalue weighted by Crippen LogP contribution is -2.32. The molecule has 8 heteroatoms. The van der Waals surface area contributed by atoms with E-state index in [0.717, 1.165) is 0 Å². The lowest BCUT2D eigenvalue weighted by Gasteiger charge is -2.16. The number of benzene rings is 1. The Bertz CT molecular complexity index is 556. The Morgan fingerprint density at radius 2 is 2.30 bits per heavy atom. The number of carbonyl (C=O) groups is 1. The van der Waals surface area contributed by atoms with Crippen molar-refractivity contribution in [2.45, 2.75) is 6.42 Å². The molecular weight excluding hydrogens is 286 g/mol. The standard InChI is InChI=1S/C12H12ClN3O4/c1-15(7-3-6-14)11(17)8-20-12-9(13)4-2-5-10(12)16(18)19/h2,4-5H,3,7-8H2,1H3. The van der Waals surface area contributed by atoms with E-state index in [4.69, 9.17) is 21.6 Å². The quantitative estimate of drug-likeness (QED) is 0.591. The van der Waals surface area contributed by atoms with Gasteiger partial charge in [0.1, 0.15) is 0 Å². The van der Waals surface area contributed by atoms with Gasteiger partial charge in [0.05, 0.1) is 22.4 Å². The van der Waals surface area contributed by atoms with Crippen LogP contribution in [0.25, 0.3) is 0 Å². The first kappa shape index (κ1) is 15.7. The van der Waals surface area contributed by atoms with Gasteiger partial charge in [0.2, 0.25) is 5.75 Å². The van der Waals surface area contributed by atoms with Gasteiger partial charge in [0.15, 0.2) is 6.61 Å². The van der Waals surface area contributed by atoms with E-state index in [9.17, 15) is 14.9 Å². The maximum absolute atomic E-state index is 11.7. The van der Waals surface area contributed by atoms with Crippen molar-refractivity contribution < 1.29 is 14.5 Å². The molecule has 0 aromatic heterocycles. The second-order valence-corrected chi connectivity index (χ2v) is 4.26. The maximum atomic E-state index is 11.7. The molecule has 0 atom stereocenters. The van der Waals surface area contributed by atoms with Crippen LogP contribution in [0.3, 0.4) is 0 Å². The third kappa shape index (κ3) is 4.10. The molecular formula is C12H12ClN3O4. The fourth-order valence-electron chi connectivity index (χ4n) is 1.37. The van der Waals surface area contributed by atoms with Crippen molar-refractivity contribution >= 4 is 23.2 Å². The van der Waals surface area contributed by atoms with Crippen LogP contribution in [0.5, 0.6) is 5.75 Å². The van der Waals surface area contributed by atoms with Gasteiger partial charge in [0, 0.05) is 19.7 Å². The zero-order valence-corrected chi connectivity index (χ0v) is 11.5. The molecule has 0 radical (unpaired) electrons. The number of para-hydroxylation sites is 1. The number of halogens is 1. The summed E-state index contributed by atoms with van der Waals surface area (Å²) >= 11 is 5.82. The van der Waals surface area contributed by atoms with Crippen molar-refractivity contribution in [3.63, 3.8) is 0 Å². The summed E-state index contributed by atoms with van der Waals surface area (Å²) < 4.78 is 5.14. The summed E-state index contributed by atoms with van der Waals surface area (Å²) in [6.07, 6.45) is 0.203. The van der Waals surface area contributed by atoms with Crippen LogP contribution in [-0.2, 0) is 4.79 Å². The molecule has 0 spiro atoms. The Morgan fingerprint density at radius 3 is 2.90 bits per heavy atom. The van der Waals surface area contributed by atoms with Gasteiger partial charge >= 0.3 is 5.69 Å². The van der Waals surface area contributed by atoms with E-state index in [1.807, 2.05) is 6.07 Å².